The SMILES string of the molecule is CN(C)CCNCC1COC(C)(C)OC1. The zero-order chi connectivity index (χ0) is 11.3. The summed E-state index contributed by atoms with van der Waals surface area (Å²) in [6.07, 6.45) is 0. The fourth-order valence-corrected chi connectivity index (χ4v) is 1.45. The highest BCUT2D eigenvalue weighted by Gasteiger charge is 2.27. The van der Waals surface area contributed by atoms with Gasteiger partial charge in [0.1, 0.15) is 0 Å². The molecule has 0 radical (unpaired) electrons. The molecule has 0 aromatic heterocycles. The van der Waals surface area contributed by atoms with Crippen LogP contribution in [0.25, 0.3) is 0 Å². The third-order valence-corrected chi connectivity index (χ3v) is 2.50. The molecule has 0 spiro atoms. The van der Waals surface area contributed by atoms with Crippen molar-refractivity contribution in [3.8, 4) is 0 Å². The van der Waals surface area contributed by atoms with Crippen LogP contribution in [0.4, 0.5) is 0 Å². The van der Waals surface area contributed by atoms with Gasteiger partial charge in [-0.1, -0.05) is 0 Å². The van der Waals surface area contributed by atoms with E-state index in [1.165, 1.54) is 0 Å². The maximum absolute atomic E-state index is 5.58. The van der Waals surface area contributed by atoms with Gasteiger partial charge in [-0.2, -0.15) is 0 Å². The summed E-state index contributed by atoms with van der Waals surface area (Å²) in [5.41, 5.74) is 0. The van der Waals surface area contributed by atoms with Gasteiger partial charge in [-0.3, -0.25) is 0 Å². The Balaban J connectivity index is 2.04. The van der Waals surface area contributed by atoms with E-state index in [0.717, 1.165) is 32.8 Å². The lowest BCUT2D eigenvalue weighted by molar-refractivity contribution is -0.261. The summed E-state index contributed by atoms with van der Waals surface area (Å²) in [6, 6.07) is 0. The topological polar surface area (TPSA) is 33.7 Å². The molecule has 0 amide bonds. The van der Waals surface area contributed by atoms with E-state index >= 15 is 0 Å². The lowest BCUT2D eigenvalue weighted by atomic mass is 10.1. The van der Waals surface area contributed by atoms with Crippen LogP contribution in [-0.4, -0.2) is 57.6 Å². The van der Waals surface area contributed by atoms with Crippen LogP contribution in [0.5, 0.6) is 0 Å². The molecule has 1 aliphatic rings. The minimum atomic E-state index is -0.389. The van der Waals surface area contributed by atoms with Gasteiger partial charge in [0.25, 0.3) is 0 Å². The Labute approximate surface area is 92.9 Å². The first kappa shape index (κ1) is 12.9. The van der Waals surface area contributed by atoms with Crippen molar-refractivity contribution in [2.24, 2.45) is 5.92 Å². The van der Waals surface area contributed by atoms with Crippen molar-refractivity contribution in [3.63, 3.8) is 0 Å². The van der Waals surface area contributed by atoms with Crippen LogP contribution in [0.1, 0.15) is 13.8 Å². The van der Waals surface area contributed by atoms with Crippen molar-refractivity contribution < 1.29 is 9.47 Å². The van der Waals surface area contributed by atoms with Crippen molar-refractivity contribution in [1.82, 2.24) is 10.2 Å². The Morgan fingerprint density at radius 2 is 1.87 bits per heavy atom. The Bertz CT molecular complexity index is 173. The van der Waals surface area contributed by atoms with Crippen LogP contribution in [0.2, 0.25) is 0 Å². The Kier molecular flexibility index (Phi) is 4.99. The van der Waals surface area contributed by atoms with Gasteiger partial charge in [-0.25, -0.2) is 0 Å². The van der Waals surface area contributed by atoms with E-state index in [-0.39, 0.29) is 5.79 Å². The third kappa shape index (κ3) is 5.47. The van der Waals surface area contributed by atoms with Gasteiger partial charge in [0.05, 0.1) is 13.2 Å². The molecule has 90 valence electrons. The second kappa shape index (κ2) is 5.80. The second-order valence-electron chi connectivity index (χ2n) is 4.90. The molecule has 0 aliphatic carbocycles. The zero-order valence-electron chi connectivity index (χ0n) is 10.4. The first-order valence-electron chi connectivity index (χ1n) is 5.63. The lowest BCUT2D eigenvalue weighted by Gasteiger charge is -2.35. The molecule has 4 nitrogen and oxygen atoms in total. The molecule has 1 aliphatic heterocycles. The number of rotatable bonds is 5. The first-order chi connectivity index (χ1) is 6.99. The van der Waals surface area contributed by atoms with Gasteiger partial charge in [0, 0.05) is 25.6 Å². The lowest BCUT2D eigenvalue weighted by Crippen LogP contribution is -2.43. The molecule has 1 saturated heterocycles. The van der Waals surface area contributed by atoms with E-state index in [0.29, 0.717) is 5.92 Å². The molecular formula is C11H24N2O2. The van der Waals surface area contributed by atoms with Crippen molar-refractivity contribution in [2.45, 2.75) is 19.6 Å². The predicted octanol–water partition coefficient (Wildman–Crippen LogP) is 0.537. The van der Waals surface area contributed by atoms with E-state index < -0.39 is 0 Å². The Morgan fingerprint density at radius 3 is 2.40 bits per heavy atom. The van der Waals surface area contributed by atoms with Crippen LogP contribution in [0, 0.1) is 5.92 Å². The number of nitrogens with zero attached hydrogens (tertiary/aromatic N) is 1. The summed E-state index contributed by atoms with van der Waals surface area (Å²) in [4.78, 5) is 2.17. The van der Waals surface area contributed by atoms with E-state index in [4.69, 9.17) is 9.47 Å². The van der Waals surface area contributed by atoms with E-state index in [1.54, 1.807) is 0 Å². The van der Waals surface area contributed by atoms with Crippen molar-refractivity contribution >= 4 is 0 Å². The fourth-order valence-electron chi connectivity index (χ4n) is 1.45. The summed E-state index contributed by atoms with van der Waals surface area (Å²) < 4.78 is 11.2. The average Bonchev–Trinajstić information content (AvgIpc) is 2.14. The largest absolute Gasteiger partial charge is 0.350 e. The van der Waals surface area contributed by atoms with Gasteiger partial charge in [0.15, 0.2) is 5.79 Å². The Morgan fingerprint density at radius 1 is 1.27 bits per heavy atom. The molecule has 0 aromatic carbocycles. The Hall–Kier alpha value is -0.160. The number of nitrogens with one attached hydrogen (secondary N) is 1. The smallest absolute Gasteiger partial charge is 0.162 e. The van der Waals surface area contributed by atoms with Crippen LogP contribution in [0.3, 0.4) is 0 Å². The van der Waals surface area contributed by atoms with Gasteiger partial charge in [-0.15, -0.1) is 0 Å². The highest BCUT2D eigenvalue weighted by molar-refractivity contribution is 4.69. The highest BCUT2D eigenvalue weighted by atomic mass is 16.7. The molecule has 15 heavy (non-hydrogen) atoms. The van der Waals surface area contributed by atoms with Gasteiger partial charge < -0.3 is 19.7 Å². The van der Waals surface area contributed by atoms with Crippen LogP contribution in [0.15, 0.2) is 0 Å². The summed E-state index contributed by atoms with van der Waals surface area (Å²) in [6.45, 7) is 8.58. The average molecular weight is 216 g/mol. The van der Waals surface area contributed by atoms with Crippen LogP contribution in [-0.2, 0) is 9.47 Å². The minimum Gasteiger partial charge on any atom is -0.350 e. The number of likely N-dealkylation sites (N-methyl/N-ethyl adjacent to an activating group) is 1. The normalized spacial score (nSPS) is 22.2. The van der Waals surface area contributed by atoms with Crippen molar-refractivity contribution in [2.75, 3.05) is 46.9 Å². The predicted molar refractivity (Wildman–Crippen MR) is 60.9 cm³/mol. The van der Waals surface area contributed by atoms with Crippen LogP contribution >= 0.6 is 0 Å². The maximum atomic E-state index is 5.58. The summed E-state index contributed by atoms with van der Waals surface area (Å²) in [5.74, 6) is 0.0975. The van der Waals surface area contributed by atoms with Gasteiger partial charge in [-0.05, 0) is 27.9 Å². The number of hydrogen-bond donors (Lipinski definition) is 1. The first-order valence-corrected chi connectivity index (χ1v) is 5.63. The molecule has 0 bridgehead atoms. The van der Waals surface area contributed by atoms with E-state index in [9.17, 15) is 0 Å². The molecule has 1 heterocycles. The summed E-state index contributed by atoms with van der Waals surface area (Å²) in [5, 5.41) is 3.41. The standard InChI is InChI=1S/C11H24N2O2/c1-11(2)14-8-10(9-15-11)7-12-5-6-13(3)4/h10,12H,5-9H2,1-4H3. The summed E-state index contributed by atoms with van der Waals surface area (Å²) in [7, 11) is 4.16. The van der Waals surface area contributed by atoms with Crippen molar-refractivity contribution in [1.29, 1.82) is 0 Å². The second-order valence-corrected chi connectivity index (χ2v) is 4.90. The molecule has 4 heteroatoms. The highest BCUT2D eigenvalue weighted by Crippen LogP contribution is 2.19. The number of hydrogen-bond acceptors (Lipinski definition) is 4. The molecular weight excluding hydrogens is 192 g/mol. The molecule has 0 aromatic rings. The summed E-state index contributed by atoms with van der Waals surface area (Å²) >= 11 is 0. The molecule has 1 rings (SSSR count). The monoisotopic (exact) mass is 216 g/mol. The quantitative estimate of drug-likeness (QED) is 0.680. The van der Waals surface area contributed by atoms with E-state index in [1.807, 2.05) is 13.8 Å². The van der Waals surface area contributed by atoms with Gasteiger partial charge >= 0.3 is 0 Å². The number of ether oxygens (including phenoxy) is 2. The molecule has 1 N–H and O–H groups in total. The molecule has 1 fully saturated rings. The van der Waals surface area contributed by atoms with Gasteiger partial charge in [0.2, 0.25) is 0 Å². The van der Waals surface area contributed by atoms with Crippen molar-refractivity contribution in [3.05, 3.63) is 0 Å². The fraction of sp³-hybridized carbons (Fsp3) is 1.00. The molecule has 0 unspecified atom stereocenters. The molecule has 0 atom stereocenters. The third-order valence-electron chi connectivity index (χ3n) is 2.50. The molecule has 0 saturated carbocycles. The minimum absolute atomic E-state index is 0.389. The maximum Gasteiger partial charge on any atom is 0.162 e. The zero-order valence-corrected chi connectivity index (χ0v) is 10.4. The van der Waals surface area contributed by atoms with Crippen LogP contribution < -0.4 is 5.32 Å². The van der Waals surface area contributed by atoms with E-state index in [2.05, 4.69) is 24.3 Å².